The molecule has 2 aromatic carbocycles. The topological polar surface area (TPSA) is 81.5 Å². The predicted octanol–water partition coefficient (Wildman–Crippen LogP) is 4.35. The van der Waals surface area contributed by atoms with E-state index in [-0.39, 0.29) is 17.5 Å². The van der Waals surface area contributed by atoms with Gasteiger partial charge in [0.25, 0.3) is 0 Å². The highest BCUT2D eigenvalue weighted by molar-refractivity contribution is 6.04. The Labute approximate surface area is 183 Å². The number of halogens is 1. The van der Waals surface area contributed by atoms with Crippen molar-refractivity contribution in [1.29, 1.82) is 0 Å². The van der Waals surface area contributed by atoms with Gasteiger partial charge in [-0.2, -0.15) is 0 Å². The number of ketones is 1. The molecule has 2 aromatic heterocycles. The summed E-state index contributed by atoms with van der Waals surface area (Å²) in [5, 5.41) is 5.09. The van der Waals surface area contributed by atoms with E-state index in [4.69, 9.17) is 8.94 Å². The number of para-hydroxylation sites is 1. The summed E-state index contributed by atoms with van der Waals surface area (Å²) < 4.78 is 25.6. The van der Waals surface area contributed by atoms with Crippen molar-refractivity contribution < 1.29 is 18.1 Å². The molecule has 1 saturated heterocycles. The third-order valence-corrected chi connectivity index (χ3v) is 6.36. The molecular weight excluding hydrogens is 413 g/mol. The molecule has 1 aliphatic rings. The molecule has 4 aromatic rings. The number of rotatable bonds is 6. The zero-order valence-corrected chi connectivity index (χ0v) is 17.8. The normalized spacial score (nSPS) is 15.7. The fraction of sp³-hybridized carbons (Fsp3) is 0.375. The fourth-order valence-corrected chi connectivity index (χ4v) is 4.72. The first-order valence-electron chi connectivity index (χ1n) is 10.9. The first-order chi connectivity index (χ1) is 15.5. The summed E-state index contributed by atoms with van der Waals surface area (Å²) in [5.74, 6) is -0.552. The second-order valence-electron chi connectivity index (χ2n) is 8.41. The number of aromatic nitrogens is 2. The lowest BCUT2D eigenvalue weighted by atomic mass is 9.91. The van der Waals surface area contributed by atoms with E-state index in [0.717, 1.165) is 50.0 Å². The third-order valence-electron chi connectivity index (χ3n) is 6.36. The molecule has 0 spiro atoms. The summed E-state index contributed by atoms with van der Waals surface area (Å²) in [6, 6.07) is 9.72. The Balaban J connectivity index is 1.21. The highest BCUT2D eigenvalue weighted by Crippen LogP contribution is 2.32. The van der Waals surface area contributed by atoms with E-state index >= 15 is 0 Å². The van der Waals surface area contributed by atoms with Crippen LogP contribution < -0.4 is 5.76 Å². The standard InChI is InChI=1S/C24H24FN3O4/c1-15(29)18-4-2-5-20-23(18)28(24(30)31-20)11-3-10-27-12-8-16(9-13-27)22-19-7-6-17(25)14-21(19)32-26-22/h2,4-7,14,16H,3,8-13H2,1H3. The molecule has 0 radical (unpaired) electrons. The Hall–Kier alpha value is -3.26. The van der Waals surface area contributed by atoms with E-state index in [1.54, 1.807) is 28.8 Å². The second kappa shape index (κ2) is 8.35. The number of likely N-dealkylation sites (tertiary alicyclic amines) is 1. The van der Waals surface area contributed by atoms with Crippen LogP contribution in [0, 0.1) is 5.82 Å². The lowest BCUT2D eigenvalue weighted by Gasteiger charge is -2.31. The molecule has 0 atom stereocenters. The van der Waals surface area contributed by atoms with Crippen LogP contribution in [-0.2, 0) is 6.54 Å². The Morgan fingerprint density at radius 2 is 1.97 bits per heavy atom. The van der Waals surface area contributed by atoms with Gasteiger partial charge in [-0.25, -0.2) is 9.18 Å². The van der Waals surface area contributed by atoms with Crippen molar-refractivity contribution in [3.63, 3.8) is 0 Å². The summed E-state index contributed by atoms with van der Waals surface area (Å²) in [7, 11) is 0. The highest BCUT2D eigenvalue weighted by atomic mass is 19.1. The first kappa shape index (κ1) is 20.6. The Morgan fingerprint density at radius 1 is 1.16 bits per heavy atom. The number of carbonyl (C=O) groups is 1. The summed E-state index contributed by atoms with van der Waals surface area (Å²) in [4.78, 5) is 26.7. The van der Waals surface area contributed by atoms with Crippen LogP contribution >= 0.6 is 0 Å². The molecule has 0 amide bonds. The molecule has 0 bridgehead atoms. The summed E-state index contributed by atoms with van der Waals surface area (Å²) in [6.07, 6.45) is 2.67. The molecule has 1 aliphatic heterocycles. The minimum absolute atomic E-state index is 0.0876. The van der Waals surface area contributed by atoms with E-state index in [2.05, 4.69) is 10.1 Å². The lowest BCUT2D eigenvalue weighted by molar-refractivity contribution is 0.101. The van der Waals surface area contributed by atoms with Gasteiger partial charge < -0.3 is 13.8 Å². The van der Waals surface area contributed by atoms with E-state index in [0.29, 0.717) is 28.8 Å². The van der Waals surface area contributed by atoms with Crippen molar-refractivity contribution in [1.82, 2.24) is 14.6 Å². The SMILES string of the molecule is CC(=O)c1cccc2oc(=O)n(CCCN3CCC(c4noc5cc(F)ccc45)CC3)c12. The van der Waals surface area contributed by atoms with Gasteiger partial charge in [0.15, 0.2) is 16.9 Å². The van der Waals surface area contributed by atoms with Crippen LogP contribution in [0.3, 0.4) is 0 Å². The van der Waals surface area contributed by atoms with Crippen LogP contribution in [0.5, 0.6) is 0 Å². The number of hydrogen-bond donors (Lipinski definition) is 0. The number of hydrogen-bond acceptors (Lipinski definition) is 6. The zero-order valence-electron chi connectivity index (χ0n) is 17.8. The van der Waals surface area contributed by atoms with Crippen molar-refractivity contribution in [3.8, 4) is 0 Å². The lowest BCUT2D eigenvalue weighted by Crippen LogP contribution is -2.34. The largest absolute Gasteiger partial charge is 0.419 e. The molecule has 5 rings (SSSR count). The van der Waals surface area contributed by atoms with Crippen LogP contribution in [0.1, 0.15) is 48.2 Å². The number of oxazole rings is 1. The quantitative estimate of drug-likeness (QED) is 0.417. The molecule has 0 unspecified atom stereocenters. The second-order valence-corrected chi connectivity index (χ2v) is 8.41. The van der Waals surface area contributed by atoms with E-state index in [1.807, 2.05) is 0 Å². The highest BCUT2D eigenvalue weighted by Gasteiger charge is 2.25. The monoisotopic (exact) mass is 437 g/mol. The van der Waals surface area contributed by atoms with Crippen molar-refractivity contribution in [2.45, 2.75) is 38.6 Å². The molecule has 32 heavy (non-hydrogen) atoms. The van der Waals surface area contributed by atoms with Gasteiger partial charge in [-0.15, -0.1) is 0 Å². The zero-order chi connectivity index (χ0) is 22.2. The van der Waals surface area contributed by atoms with Gasteiger partial charge in [-0.1, -0.05) is 11.2 Å². The van der Waals surface area contributed by atoms with E-state index < -0.39 is 5.76 Å². The van der Waals surface area contributed by atoms with Crippen LogP contribution in [-0.4, -0.2) is 40.0 Å². The molecular formula is C24H24FN3O4. The minimum Gasteiger partial charge on any atom is -0.408 e. The van der Waals surface area contributed by atoms with Crippen molar-refractivity contribution in [3.05, 3.63) is 64.0 Å². The number of piperidine rings is 1. The molecule has 7 nitrogen and oxygen atoms in total. The van der Waals surface area contributed by atoms with Crippen molar-refractivity contribution in [2.24, 2.45) is 0 Å². The van der Waals surface area contributed by atoms with Gasteiger partial charge >= 0.3 is 5.76 Å². The summed E-state index contributed by atoms with van der Waals surface area (Å²) >= 11 is 0. The summed E-state index contributed by atoms with van der Waals surface area (Å²) in [6.45, 7) is 4.67. The number of fused-ring (bicyclic) bond motifs is 2. The number of aryl methyl sites for hydroxylation is 1. The number of nitrogens with zero attached hydrogens (tertiary/aromatic N) is 3. The maximum atomic E-state index is 13.4. The van der Waals surface area contributed by atoms with Gasteiger partial charge in [-0.05, 0) is 70.1 Å². The molecule has 0 saturated carbocycles. The molecule has 166 valence electrons. The molecule has 0 N–H and O–H groups in total. The van der Waals surface area contributed by atoms with Crippen molar-refractivity contribution in [2.75, 3.05) is 19.6 Å². The van der Waals surface area contributed by atoms with Crippen LogP contribution in [0.25, 0.3) is 22.1 Å². The average Bonchev–Trinajstić information content (AvgIpc) is 3.34. The molecule has 1 fully saturated rings. The Bertz CT molecular complexity index is 1340. The van der Waals surface area contributed by atoms with Gasteiger partial charge in [0.2, 0.25) is 0 Å². The van der Waals surface area contributed by atoms with E-state index in [1.165, 1.54) is 19.1 Å². The Kier molecular flexibility index (Phi) is 5.38. The smallest absolute Gasteiger partial charge is 0.408 e. The van der Waals surface area contributed by atoms with Gasteiger partial charge in [0, 0.05) is 29.5 Å². The number of carbonyl (C=O) groups excluding carboxylic acids is 1. The van der Waals surface area contributed by atoms with Crippen molar-refractivity contribution >= 4 is 27.9 Å². The predicted molar refractivity (Wildman–Crippen MR) is 117 cm³/mol. The van der Waals surface area contributed by atoms with Crippen LogP contribution in [0.15, 0.2) is 50.1 Å². The van der Waals surface area contributed by atoms with Gasteiger partial charge in [0.1, 0.15) is 11.3 Å². The van der Waals surface area contributed by atoms with Gasteiger partial charge in [0.05, 0.1) is 5.69 Å². The van der Waals surface area contributed by atoms with E-state index in [9.17, 15) is 14.0 Å². The number of benzene rings is 2. The third kappa shape index (κ3) is 3.75. The maximum Gasteiger partial charge on any atom is 0.419 e. The molecule has 8 heteroatoms. The molecule has 0 aliphatic carbocycles. The summed E-state index contributed by atoms with van der Waals surface area (Å²) in [5.41, 5.74) is 2.94. The Morgan fingerprint density at radius 3 is 2.75 bits per heavy atom. The molecule has 3 heterocycles. The number of Topliss-reactive ketones (excluding diaryl/α,β-unsaturated/α-hetero) is 1. The van der Waals surface area contributed by atoms with Crippen LogP contribution in [0.4, 0.5) is 4.39 Å². The van der Waals surface area contributed by atoms with Crippen LogP contribution in [0.2, 0.25) is 0 Å². The average molecular weight is 437 g/mol. The fourth-order valence-electron chi connectivity index (χ4n) is 4.72. The maximum absolute atomic E-state index is 13.4. The first-order valence-corrected chi connectivity index (χ1v) is 10.9. The minimum atomic E-state index is -0.429. The van der Waals surface area contributed by atoms with Gasteiger partial charge in [-0.3, -0.25) is 9.36 Å².